The first-order valence-electron chi connectivity index (χ1n) is 31.3. The van der Waals surface area contributed by atoms with Crippen molar-refractivity contribution >= 4 is 48.6 Å². The Morgan fingerprint density at radius 2 is 1.35 bits per heavy atom. The van der Waals surface area contributed by atoms with Gasteiger partial charge in [0.15, 0.2) is 11.6 Å². The van der Waals surface area contributed by atoms with E-state index in [9.17, 15) is 9.18 Å². The number of carbonyl (C=O) groups excluding carboxylic acids is 1. The number of para-hydroxylation sites is 1. The lowest BCUT2D eigenvalue weighted by atomic mass is 9.80. The van der Waals surface area contributed by atoms with Crippen LogP contribution in [0.3, 0.4) is 0 Å². The average molecular weight is 1360 g/mol. The van der Waals surface area contributed by atoms with Gasteiger partial charge < -0.3 is 51.5 Å². The van der Waals surface area contributed by atoms with Gasteiger partial charge in [0.1, 0.15) is 70.4 Å². The summed E-state index contributed by atoms with van der Waals surface area (Å²) in [6.07, 6.45) is 2.26. The molecule has 498 valence electrons. The van der Waals surface area contributed by atoms with Gasteiger partial charge in [-0.1, -0.05) is 117 Å². The van der Waals surface area contributed by atoms with Gasteiger partial charge in [0.25, 0.3) is 0 Å². The lowest BCUT2D eigenvalue weighted by molar-refractivity contribution is -0.151. The number of fused-ring (bicyclic) bond motifs is 1. The standard InChI is InChI=1S/C76H77Cl2FN4O12Si/c1-13-40-88-44-59(45-91-76(51-20-16-15-17-21-51,52-26-32-56(85-8)33-27-52)53-28-34-57(86-9)35-29-53)92-70-67(77)47(3)64(48(4)68(70)78)65-66-72(81-46-82-73(66)94-69(65)49-24-30-54(79)31-25-49)93-63(74(84)89-14-2)42-50-41-58(95-96(11,12)75(5,6)7)36-37-61(50)90-43-55-38-39-80-71(83-55)60-22-18-19-23-62(60)87-10/h13,15-39,41,46,59,63H,1,14,40,42-45H2,2-12H3/t59-,63-/m1/s1. The quantitative estimate of drug-likeness (QED) is 0.0142. The van der Waals surface area contributed by atoms with Gasteiger partial charge in [0.05, 0.1) is 69.1 Å². The third-order valence-electron chi connectivity index (χ3n) is 17.0. The minimum Gasteiger partial charge on any atom is -0.543 e. The number of esters is 1. The first-order chi connectivity index (χ1) is 46.2. The molecule has 0 aliphatic rings. The fraction of sp³-hybridized carbons (Fsp3) is 0.276. The molecule has 7 aromatic carbocycles. The number of methoxy groups -OCH3 is 3. The maximum absolute atomic E-state index is 14.9. The third kappa shape index (κ3) is 15.2. The van der Waals surface area contributed by atoms with Crippen molar-refractivity contribution in [2.75, 3.05) is 47.8 Å². The van der Waals surface area contributed by atoms with Crippen molar-refractivity contribution in [3.63, 3.8) is 0 Å². The Morgan fingerprint density at radius 3 is 1.98 bits per heavy atom. The Morgan fingerprint density at radius 1 is 0.719 bits per heavy atom. The highest BCUT2D eigenvalue weighted by Crippen LogP contribution is 2.52. The lowest BCUT2D eigenvalue weighted by Crippen LogP contribution is -2.43. The molecule has 3 aromatic heterocycles. The minimum atomic E-state index is -2.41. The molecule has 0 unspecified atom stereocenters. The molecule has 0 N–H and O–H groups in total. The zero-order valence-corrected chi connectivity index (χ0v) is 58.1. The highest BCUT2D eigenvalue weighted by molar-refractivity contribution is 6.74. The molecule has 0 spiro atoms. The van der Waals surface area contributed by atoms with Gasteiger partial charge in [-0.05, 0) is 157 Å². The van der Waals surface area contributed by atoms with Crippen LogP contribution >= 0.6 is 23.2 Å². The molecule has 0 amide bonds. The molecular formula is C76H77Cl2FN4O12Si. The van der Waals surface area contributed by atoms with Gasteiger partial charge >= 0.3 is 5.97 Å². The molecule has 3 heterocycles. The summed E-state index contributed by atoms with van der Waals surface area (Å²) < 4.78 is 85.1. The molecule has 0 radical (unpaired) electrons. The number of hydrogen-bond donors (Lipinski definition) is 0. The van der Waals surface area contributed by atoms with Crippen molar-refractivity contribution in [1.29, 1.82) is 0 Å². The number of aromatic nitrogens is 4. The molecule has 2 atom stereocenters. The normalized spacial score (nSPS) is 12.4. The maximum atomic E-state index is 14.9. The Hall–Kier alpha value is -9.30. The lowest BCUT2D eigenvalue weighted by Gasteiger charge is -2.37. The Balaban J connectivity index is 1.06. The fourth-order valence-electron chi connectivity index (χ4n) is 11.0. The van der Waals surface area contributed by atoms with Crippen LogP contribution in [-0.2, 0) is 37.6 Å². The predicted octanol–water partition coefficient (Wildman–Crippen LogP) is 17.6. The van der Waals surface area contributed by atoms with Crippen LogP contribution in [0.4, 0.5) is 4.39 Å². The molecule has 16 nitrogen and oxygen atoms in total. The van der Waals surface area contributed by atoms with Crippen molar-refractivity contribution in [2.45, 2.75) is 90.5 Å². The van der Waals surface area contributed by atoms with Crippen molar-refractivity contribution in [3.8, 4) is 74.2 Å². The van der Waals surface area contributed by atoms with Crippen LogP contribution in [0.5, 0.6) is 40.4 Å². The summed E-state index contributed by atoms with van der Waals surface area (Å²) >= 11 is 15.3. The van der Waals surface area contributed by atoms with Gasteiger partial charge in [-0.3, -0.25) is 0 Å². The molecule has 10 rings (SSSR count). The molecule has 0 aliphatic heterocycles. The van der Waals surface area contributed by atoms with Crippen LogP contribution in [0.1, 0.15) is 66.8 Å². The van der Waals surface area contributed by atoms with Gasteiger partial charge in [-0.25, -0.2) is 29.1 Å². The number of halogens is 3. The van der Waals surface area contributed by atoms with Crippen molar-refractivity contribution in [2.24, 2.45) is 0 Å². The SMILES string of the molecule is C=CCOC[C@H](COC(c1ccccc1)(c1ccc(OC)cc1)c1ccc(OC)cc1)Oc1c(Cl)c(C)c(-c2c(-c3ccc(F)cc3)oc3ncnc(O[C@H](Cc4cc(O[Si](C)(C)C(C)(C)C)ccc4OCc4ccnc(-c5ccccc5OC)n4)C(=O)OCC)c23)c(C)c1Cl. The Kier molecular flexibility index (Phi) is 22.2. The summed E-state index contributed by atoms with van der Waals surface area (Å²) in [6, 6.07) is 45.9. The summed E-state index contributed by atoms with van der Waals surface area (Å²) in [4.78, 5) is 33.3. The van der Waals surface area contributed by atoms with Crippen LogP contribution in [0.15, 0.2) is 181 Å². The van der Waals surface area contributed by atoms with E-state index in [1.807, 2.05) is 135 Å². The topological polar surface area (TPSA) is 174 Å². The number of furan rings is 1. The van der Waals surface area contributed by atoms with Crippen molar-refractivity contribution in [3.05, 3.63) is 232 Å². The first kappa shape index (κ1) is 69.5. The Labute approximate surface area is 570 Å². The average Bonchev–Trinajstić information content (AvgIpc) is 1.46. The van der Waals surface area contributed by atoms with Crippen LogP contribution in [0.2, 0.25) is 28.2 Å². The highest BCUT2D eigenvalue weighted by atomic mass is 35.5. The van der Waals surface area contributed by atoms with E-state index in [2.05, 4.69) is 50.4 Å². The van der Waals surface area contributed by atoms with E-state index in [-0.39, 0.29) is 83.0 Å². The van der Waals surface area contributed by atoms with E-state index in [0.717, 1.165) is 16.7 Å². The van der Waals surface area contributed by atoms with Gasteiger partial charge in [0, 0.05) is 29.3 Å². The van der Waals surface area contributed by atoms with Gasteiger partial charge in [-0.15, -0.1) is 6.58 Å². The van der Waals surface area contributed by atoms with E-state index in [4.69, 9.17) is 84.6 Å². The van der Waals surface area contributed by atoms with E-state index < -0.39 is 37.9 Å². The molecule has 10 aromatic rings. The summed E-state index contributed by atoms with van der Waals surface area (Å²) in [6.45, 7) is 20.2. The molecule has 96 heavy (non-hydrogen) atoms. The zero-order chi connectivity index (χ0) is 68.3. The number of benzene rings is 7. The highest BCUT2D eigenvalue weighted by Gasteiger charge is 2.41. The summed E-state index contributed by atoms with van der Waals surface area (Å²) in [7, 11) is 2.42. The smallest absolute Gasteiger partial charge is 0.347 e. The molecule has 0 aliphatic carbocycles. The van der Waals surface area contributed by atoms with Crippen LogP contribution in [0.25, 0.3) is 44.9 Å². The molecular weight excluding hydrogens is 1280 g/mol. The Bertz CT molecular complexity index is 4260. The first-order valence-corrected chi connectivity index (χ1v) is 35.0. The van der Waals surface area contributed by atoms with Gasteiger partial charge in [-0.2, -0.15) is 0 Å². The molecule has 20 heteroatoms. The van der Waals surface area contributed by atoms with E-state index >= 15 is 0 Å². The molecule has 0 saturated heterocycles. The van der Waals surface area contributed by atoms with E-state index in [0.29, 0.717) is 79.2 Å². The molecule has 0 bridgehead atoms. The number of rotatable bonds is 29. The van der Waals surface area contributed by atoms with Gasteiger partial charge in [0.2, 0.25) is 26.0 Å². The summed E-state index contributed by atoms with van der Waals surface area (Å²) in [5.74, 6) is 2.58. The maximum Gasteiger partial charge on any atom is 0.347 e. The number of hydrogen-bond acceptors (Lipinski definition) is 16. The van der Waals surface area contributed by atoms with Crippen LogP contribution in [-0.4, -0.2) is 94.2 Å². The summed E-state index contributed by atoms with van der Waals surface area (Å²) in [5, 5.41) is 0.380. The predicted molar refractivity (Wildman–Crippen MR) is 373 cm³/mol. The second-order valence-electron chi connectivity index (χ2n) is 24.2. The van der Waals surface area contributed by atoms with Crippen LogP contribution in [0, 0.1) is 19.7 Å². The number of ether oxygens (including phenoxy) is 9. The number of carbonyl (C=O) groups is 1. The van der Waals surface area contributed by atoms with E-state index in [1.54, 1.807) is 58.7 Å². The van der Waals surface area contributed by atoms with Crippen molar-refractivity contribution in [1.82, 2.24) is 19.9 Å². The number of nitrogens with zero attached hydrogens (tertiary/aromatic N) is 4. The second kappa shape index (κ2) is 30.6. The monoisotopic (exact) mass is 1350 g/mol. The zero-order valence-electron chi connectivity index (χ0n) is 55.6. The fourth-order valence-corrected chi connectivity index (χ4v) is 12.5. The largest absolute Gasteiger partial charge is 0.543 e. The third-order valence-corrected chi connectivity index (χ3v) is 22.2. The minimum absolute atomic E-state index is 0.0183. The van der Waals surface area contributed by atoms with E-state index in [1.165, 1.54) is 18.5 Å². The van der Waals surface area contributed by atoms with Crippen LogP contribution < -0.4 is 32.8 Å². The molecule has 0 saturated carbocycles. The second-order valence-corrected chi connectivity index (χ2v) is 29.7. The van der Waals surface area contributed by atoms with Crippen molar-refractivity contribution < 1.29 is 60.7 Å². The molecule has 0 fully saturated rings. The summed E-state index contributed by atoms with van der Waals surface area (Å²) in [5.41, 5.74) is 5.47.